The summed E-state index contributed by atoms with van der Waals surface area (Å²) >= 11 is 3.30. The molecular weight excluding hydrogens is 453 g/mol. The van der Waals surface area contributed by atoms with Crippen LogP contribution < -0.4 is 15.1 Å². The van der Waals surface area contributed by atoms with Crippen molar-refractivity contribution in [1.29, 1.82) is 0 Å². The quantitative estimate of drug-likeness (QED) is 0.538. The molecular formula is C22H19BrFN3O3. The van der Waals surface area contributed by atoms with E-state index in [-0.39, 0.29) is 5.57 Å². The number of barbiturate groups is 1. The molecule has 0 spiro atoms. The number of nitrogens with one attached hydrogen (secondary N) is 1. The van der Waals surface area contributed by atoms with Crippen molar-refractivity contribution in [1.82, 2.24) is 5.32 Å². The van der Waals surface area contributed by atoms with E-state index in [4.69, 9.17) is 0 Å². The summed E-state index contributed by atoms with van der Waals surface area (Å²) in [5.74, 6) is -1.96. The van der Waals surface area contributed by atoms with Crippen molar-refractivity contribution >= 4 is 51.2 Å². The number of urea groups is 1. The number of aryl methyl sites for hydroxylation is 1. The van der Waals surface area contributed by atoms with Gasteiger partial charge in [0, 0.05) is 17.6 Å². The topological polar surface area (TPSA) is 69.7 Å². The number of rotatable bonds is 3. The van der Waals surface area contributed by atoms with Crippen LogP contribution in [0.2, 0.25) is 0 Å². The molecule has 0 aromatic heterocycles. The van der Waals surface area contributed by atoms with Crippen LogP contribution in [0, 0.1) is 12.7 Å². The molecule has 0 radical (unpaired) electrons. The number of halogens is 2. The molecule has 2 aromatic carbocycles. The van der Waals surface area contributed by atoms with E-state index in [0.29, 0.717) is 16.9 Å². The highest BCUT2D eigenvalue weighted by molar-refractivity contribution is 9.10. The predicted molar refractivity (Wildman–Crippen MR) is 116 cm³/mol. The van der Waals surface area contributed by atoms with Gasteiger partial charge in [-0.2, -0.15) is 0 Å². The van der Waals surface area contributed by atoms with Crippen LogP contribution in [0.4, 0.5) is 20.6 Å². The Balaban J connectivity index is 1.70. The summed E-state index contributed by atoms with van der Waals surface area (Å²) < 4.78 is 15.5. The number of carbonyl (C=O) groups is 3. The average molecular weight is 472 g/mol. The summed E-state index contributed by atoms with van der Waals surface area (Å²) in [6, 6.07) is 8.79. The van der Waals surface area contributed by atoms with Gasteiger partial charge < -0.3 is 4.90 Å². The lowest BCUT2D eigenvalue weighted by Gasteiger charge is -2.26. The zero-order valence-electron chi connectivity index (χ0n) is 16.2. The highest BCUT2D eigenvalue weighted by Crippen LogP contribution is 2.29. The van der Waals surface area contributed by atoms with Gasteiger partial charge in [0.25, 0.3) is 11.8 Å². The minimum atomic E-state index is -0.822. The normalized spacial score (nSPS) is 18.4. The number of benzene rings is 2. The Kier molecular flexibility index (Phi) is 5.42. The van der Waals surface area contributed by atoms with E-state index in [1.54, 1.807) is 37.3 Å². The second-order valence-electron chi connectivity index (χ2n) is 7.29. The summed E-state index contributed by atoms with van der Waals surface area (Å²) in [5, 5.41) is 2.18. The van der Waals surface area contributed by atoms with Crippen LogP contribution in [0.1, 0.15) is 24.0 Å². The maximum Gasteiger partial charge on any atom is 0.335 e. The van der Waals surface area contributed by atoms with Crippen molar-refractivity contribution in [3.8, 4) is 0 Å². The van der Waals surface area contributed by atoms with Gasteiger partial charge in [-0.3, -0.25) is 14.9 Å². The lowest BCUT2D eigenvalue weighted by molar-refractivity contribution is -0.122. The summed E-state index contributed by atoms with van der Waals surface area (Å²) in [6.07, 6.45) is 3.39. The molecule has 0 bridgehead atoms. The number of hydrogen-bond donors (Lipinski definition) is 1. The van der Waals surface area contributed by atoms with Gasteiger partial charge in [0.1, 0.15) is 11.4 Å². The lowest BCUT2D eigenvalue weighted by atomic mass is 10.0. The van der Waals surface area contributed by atoms with Crippen molar-refractivity contribution in [3.63, 3.8) is 0 Å². The lowest BCUT2D eigenvalue weighted by Crippen LogP contribution is -2.54. The summed E-state index contributed by atoms with van der Waals surface area (Å²) in [7, 11) is 0. The van der Waals surface area contributed by atoms with Gasteiger partial charge in [-0.25, -0.2) is 14.1 Å². The molecule has 0 atom stereocenters. The van der Waals surface area contributed by atoms with Crippen LogP contribution in [-0.4, -0.2) is 30.9 Å². The molecule has 4 amide bonds. The third-order valence-electron chi connectivity index (χ3n) is 5.27. The third-order valence-corrected chi connectivity index (χ3v) is 5.80. The first-order chi connectivity index (χ1) is 14.3. The molecule has 2 aliphatic heterocycles. The smallest absolute Gasteiger partial charge is 0.335 e. The molecule has 2 aromatic rings. The van der Waals surface area contributed by atoms with E-state index in [0.717, 1.165) is 40.9 Å². The summed E-state index contributed by atoms with van der Waals surface area (Å²) in [4.78, 5) is 40.5. The molecule has 2 fully saturated rings. The average Bonchev–Trinajstić information content (AvgIpc) is 3.23. The van der Waals surface area contributed by atoms with Crippen LogP contribution in [0.25, 0.3) is 6.08 Å². The maximum atomic E-state index is 14.7. The van der Waals surface area contributed by atoms with Crippen LogP contribution in [0.3, 0.4) is 0 Å². The molecule has 6 nitrogen and oxygen atoms in total. The molecule has 2 heterocycles. The van der Waals surface area contributed by atoms with Gasteiger partial charge in [-0.1, -0.05) is 15.9 Å². The molecule has 30 heavy (non-hydrogen) atoms. The van der Waals surface area contributed by atoms with Gasteiger partial charge in [0.05, 0.1) is 11.4 Å². The van der Waals surface area contributed by atoms with Gasteiger partial charge in [-0.05, 0) is 73.4 Å². The largest absolute Gasteiger partial charge is 0.369 e. The Hall–Kier alpha value is -3.00. The number of amides is 4. The number of hydrogen-bond acceptors (Lipinski definition) is 4. The van der Waals surface area contributed by atoms with Crippen molar-refractivity contribution < 1.29 is 18.8 Å². The summed E-state index contributed by atoms with van der Waals surface area (Å²) in [6.45, 7) is 3.41. The van der Waals surface area contributed by atoms with Crippen molar-refractivity contribution in [2.75, 3.05) is 22.9 Å². The molecule has 4 rings (SSSR count). The Labute approximate surface area is 181 Å². The SMILES string of the molecule is Cc1cc(N2CCCC2)c(F)cc1/C=C1\C(=O)NC(=O)N(c2ccc(Br)cc2)C1=O. The predicted octanol–water partition coefficient (Wildman–Crippen LogP) is 4.16. The van der Waals surface area contributed by atoms with E-state index in [9.17, 15) is 18.8 Å². The van der Waals surface area contributed by atoms with Crippen molar-refractivity contribution in [2.24, 2.45) is 0 Å². The molecule has 0 aliphatic carbocycles. The first-order valence-electron chi connectivity index (χ1n) is 9.57. The number of nitrogens with zero attached hydrogens (tertiary/aromatic N) is 2. The number of carbonyl (C=O) groups excluding carboxylic acids is 3. The highest BCUT2D eigenvalue weighted by atomic mass is 79.9. The Morgan fingerprint density at radius 1 is 1.07 bits per heavy atom. The minimum absolute atomic E-state index is 0.228. The van der Waals surface area contributed by atoms with Gasteiger partial charge in [-0.15, -0.1) is 0 Å². The number of anilines is 2. The molecule has 154 valence electrons. The van der Waals surface area contributed by atoms with E-state index < -0.39 is 23.7 Å². The Bertz CT molecular complexity index is 1080. The first-order valence-corrected chi connectivity index (χ1v) is 10.4. The second-order valence-corrected chi connectivity index (χ2v) is 8.20. The van der Waals surface area contributed by atoms with Gasteiger partial charge >= 0.3 is 6.03 Å². The Morgan fingerprint density at radius 3 is 2.40 bits per heavy atom. The van der Waals surface area contributed by atoms with Crippen molar-refractivity contribution in [2.45, 2.75) is 19.8 Å². The molecule has 0 saturated carbocycles. The van der Waals surface area contributed by atoms with Gasteiger partial charge in [0.2, 0.25) is 0 Å². The van der Waals surface area contributed by atoms with E-state index in [1.165, 1.54) is 12.1 Å². The number of imide groups is 2. The molecule has 2 aliphatic rings. The summed E-state index contributed by atoms with van der Waals surface area (Å²) in [5.41, 5.74) is 1.77. The van der Waals surface area contributed by atoms with Crippen LogP contribution in [0.15, 0.2) is 46.4 Å². The fourth-order valence-corrected chi connectivity index (χ4v) is 3.94. The van der Waals surface area contributed by atoms with Gasteiger partial charge in [0.15, 0.2) is 0 Å². The highest BCUT2D eigenvalue weighted by Gasteiger charge is 2.37. The fraction of sp³-hybridized carbons (Fsp3) is 0.227. The minimum Gasteiger partial charge on any atom is -0.369 e. The molecule has 8 heteroatoms. The zero-order chi connectivity index (χ0) is 21.4. The monoisotopic (exact) mass is 471 g/mol. The van der Waals surface area contributed by atoms with Crippen LogP contribution >= 0.6 is 15.9 Å². The maximum absolute atomic E-state index is 14.7. The van der Waals surface area contributed by atoms with Crippen LogP contribution in [0.5, 0.6) is 0 Å². The van der Waals surface area contributed by atoms with Crippen molar-refractivity contribution in [3.05, 3.63) is 63.4 Å². The second kappa shape index (κ2) is 8.02. The van der Waals surface area contributed by atoms with Crippen LogP contribution in [-0.2, 0) is 9.59 Å². The van der Waals surface area contributed by atoms with E-state index >= 15 is 0 Å². The fourth-order valence-electron chi connectivity index (χ4n) is 3.68. The Morgan fingerprint density at radius 2 is 1.73 bits per heavy atom. The molecule has 1 N–H and O–H groups in total. The zero-order valence-corrected chi connectivity index (χ0v) is 17.8. The third kappa shape index (κ3) is 3.75. The standard InChI is InChI=1S/C22H19BrFN3O3/c1-13-10-19(26-8-2-3-9-26)18(24)12-14(13)11-17-20(28)25-22(30)27(21(17)29)16-6-4-15(23)5-7-16/h4-7,10-12H,2-3,8-9H2,1H3,(H,25,28,30)/b17-11+. The van der Waals surface area contributed by atoms with E-state index in [1.807, 2.05) is 4.90 Å². The first kappa shape index (κ1) is 20.3. The van der Waals surface area contributed by atoms with E-state index in [2.05, 4.69) is 21.2 Å². The molecule has 2 saturated heterocycles. The molecule has 0 unspecified atom stereocenters.